The van der Waals surface area contributed by atoms with Gasteiger partial charge in [-0.3, -0.25) is 0 Å². The third-order valence-electron chi connectivity index (χ3n) is 3.92. The van der Waals surface area contributed by atoms with Gasteiger partial charge in [0.2, 0.25) is 0 Å². The molecule has 0 amide bonds. The molecule has 92 valence electrons. The molecule has 2 N–H and O–H groups in total. The molecule has 0 bridgehead atoms. The number of piperazine rings is 1. The fourth-order valence-electron chi connectivity index (χ4n) is 2.71. The van der Waals surface area contributed by atoms with Crippen molar-refractivity contribution in [1.29, 1.82) is 0 Å². The Kier molecular flexibility index (Phi) is 6.11. The molecule has 0 aromatic rings. The molecule has 3 aliphatic rings. The van der Waals surface area contributed by atoms with E-state index in [0.717, 1.165) is 36.8 Å². The zero-order valence-corrected chi connectivity index (χ0v) is 11.1. The monoisotopic (exact) mass is 229 g/mol. The molecule has 0 aromatic carbocycles. The number of hydrogen-bond acceptors (Lipinski definition) is 3. The fraction of sp³-hybridized carbons (Fsp3) is 0.846. The third-order valence-corrected chi connectivity index (χ3v) is 3.92. The minimum atomic E-state index is 0.787. The number of nitrogens with one attached hydrogen (secondary N) is 2. The molecule has 2 fully saturated rings. The summed E-state index contributed by atoms with van der Waals surface area (Å²) in [6.45, 7) is 7.22. The third kappa shape index (κ3) is 4.43. The Balaban J connectivity index is 0.000000153. The maximum atomic E-state index is 3.22. The van der Waals surface area contributed by atoms with Gasteiger partial charge in [-0.25, -0.2) is 0 Å². The topological polar surface area (TPSA) is 27.3 Å². The maximum absolute atomic E-state index is 3.22. The van der Waals surface area contributed by atoms with Crippen molar-refractivity contribution in [1.82, 2.24) is 15.5 Å². The van der Waals surface area contributed by atoms with Crippen molar-refractivity contribution in [3.05, 3.63) is 12.2 Å². The van der Waals surface area contributed by atoms with Crippen LogP contribution >= 0.6 is 0 Å². The Hall–Kier alpha value is 0.217. The molecule has 2 atom stereocenters. The van der Waals surface area contributed by atoms with Crippen molar-refractivity contribution >= 4 is 17.7 Å². The summed E-state index contributed by atoms with van der Waals surface area (Å²) >= 11 is 2.32. The van der Waals surface area contributed by atoms with Gasteiger partial charge < -0.3 is 10.6 Å². The molecule has 0 radical (unpaired) electrons. The molecular formula is C13H24LiN3. The van der Waals surface area contributed by atoms with Gasteiger partial charge in [0.05, 0.1) is 0 Å². The van der Waals surface area contributed by atoms with E-state index in [4.69, 9.17) is 0 Å². The second kappa shape index (κ2) is 7.61. The Labute approximate surface area is 115 Å². The number of hydrogen-bond donors (Lipinski definition) is 2. The van der Waals surface area contributed by atoms with E-state index in [1.165, 1.54) is 32.4 Å². The summed E-state index contributed by atoms with van der Waals surface area (Å²) < 4.78 is 0.813. The Morgan fingerprint density at radius 1 is 0.882 bits per heavy atom. The molecule has 3 nitrogen and oxygen atoms in total. The van der Waals surface area contributed by atoms with E-state index >= 15 is 0 Å². The Morgan fingerprint density at radius 2 is 1.47 bits per heavy atom. The SMILES string of the molecule is C1CNCCN1.[Li][CH]1C=CC1N1CCCCC1. The van der Waals surface area contributed by atoms with Crippen LogP contribution in [0.25, 0.3) is 0 Å². The molecule has 3 rings (SSSR count). The van der Waals surface area contributed by atoms with E-state index in [1.54, 1.807) is 0 Å². The average molecular weight is 229 g/mol. The minimum absolute atomic E-state index is 0.787. The van der Waals surface area contributed by atoms with Crippen LogP contribution in [0.4, 0.5) is 0 Å². The van der Waals surface area contributed by atoms with Crippen LogP contribution in [0.3, 0.4) is 0 Å². The Morgan fingerprint density at radius 3 is 1.82 bits per heavy atom. The Bertz CT molecular complexity index is 223. The summed E-state index contributed by atoms with van der Waals surface area (Å²) in [5, 5.41) is 6.44. The standard InChI is InChI=1S/C9H14N.C4H10N2.Li/c1-2-7-10(8-3-1)9-5-4-6-9;1-2-6-4-3-5-1;/h4-6,9H,1-3,7-8H2;5-6H,1-4H2;. The van der Waals surface area contributed by atoms with Gasteiger partial charge >= 0.3 is 77.8 Å². The fourth-order valence-corrected chi connectivity index (χ4v) is 2.71. The van der Waals surface area contributed by atoms with Crippen molar-refractivity contribution < 1.29 is 0 Å². The van der Waals surface area contributed by atoms with Gasteiger partial charge in [0.15, 0.2) is 0 Å². The number of nitrogens with zero attached hydrogens (tertiary/aromatic N) is 1. The molecule has 0 saturated carbocycles. The predicted octanol–water partition coefficient (Wildman–Crippen LogP) is 0.547. The van der Waals surface area contributed by atoms with E-state index in [1.807, 2.05) is 0 Å². The molecule has 2 aliphatic heterocycles. The van der Waals surface area contributed by atoms with Crippen molar-refractivity contribution in [2.75, 3.05) is 39.3 Å². The van der Waals surface area contributed by atoms with Gasteiger partial charge in [-0.1, -0.05) is 0 Å². The predicted molar refractivity (Wildman–Crippen MR) is 73.6 cm³/mol. The molecule has 2 unspecified atom stereocenters. The van der Waals surface area contributed by atoms with Crippen LogP contribution in [0.2, 0.25) is 4.59 Å². The number of piperidine rings is 1. The quantitative estimate of drug-likeness (QED) is 0.508. The zero-order valence-electron chi connectivity index (χ0n) is 11.1. The van der Waals surface area contributed by atoms with Crippen molar-refractivity contribution in [2.45, 2.75) is 29.9 Å². The molecule has 4 heteroatoms. The number of rotatable bonds is 1. The van der Waals surface area contributed by atoms with Crippen molar-refractivity contribution in [3.63, 3.8) is 0 Å². The van der Waals surface area contributed by atoms with Crippen LogP contribution in [-0.4, -0.2) is 67.9 Å². The van der Waals surface area contributed by atoms with Gasteiger partial charge in [-0.05, 0) is 0 Å². The average Bonchev–Trinajstić information content (AvgIpc) is 2.41. The van der Waals surface area contributed by atoms with E-state index in [2.05, 4.69) is 45.4 Å². The summed E-state index contributed by atoms with van der Waals surface area (Å²) in [5.41, 5.74) is 0. The molecule has 0 aromatic heterocycles. The van der Waals surface area contributed by atoms with Gasteiger partial charge in [0.25, 0.3) is 0 Å². The normalized spacial score (nSPS) is 33.5. The first-order valence-corrected chi connectivity index (χ1v) is 7.22. The van der Waals surface area contributed by atoms with Crippen LogP contribution in [0.5, 0.6) is 0 Å². The van der Waals surface area contributed by atoms with Crippen LogP contribution in [0, 0.1) is 0 Å². The van der Waals surface area contributed by atoms with Gasteiger partial charge in [-0.2, -0.15) is 0 Å². The molecular weight excluding hydrogens is 205 g/mol. The van der Waals surface area contributed by atoms with Crippen LogP contribution in [0.15, 0.2) is 12.2 Å². The van der Waals surface area contributed by atoms with Crippen LogP contribution < -0.4 is 10.6 Å². The van der Waals surface area contributed by atoms with Gasteiger partial charge in [-0.15, -0.1) is 0 Å². The second-order valence-corrected chi connectivity index (χ2v) is 5.33. The summed E-state index contributed by atoms with van der Waals surface area (Å²) in [7, 11) is 0. The summed E-state index contributed by atoms with van der Waals surface area (Å²) in [6.07, 6.45) is 8.95. The first kappa shape index (κ1) is 13.6. The van der Waals surface area contributed by atoms with E-state index in [-0.39, 0.29) is 0 Å². The van der Waals surface area contributed by atoms with Crippen LogP contribution in [-0.2, 0) is 0 Å². The first-order valence-electron chi connectivity index (χ1n) is 7.22. The van der Waals surface area contributed by atoms with Crippen molar-refractivity contribution in [3.8, 4) is 0 Å². The van der Waals surface area contributed by atoms with E-state index in [9.17, 15) is 0 Å². The van der Waals surface area contributed by atoms with E-state index < -0.39 is 0 Å². The first-order chi connectivity index (χ1) is 8.38. The molecule has 17 heavy (non-hydrogen) atoms. The second-order valence-electron chi connectivity index (χ2n) is 5.33. The molecule has 0 spiro atoms. The van der Waals surface area contributed by atoms with Gasteiger partial charge in [0, 0.05) is 26.2 Å². The summed E-state index contributed by atoms with van der Waals surface area (Å²) in [5.74, 6) is 0. The summed E-state index contributed by atoms with van der Waals surface area (Å²) in [4.78, 5) is 2.63. The molecule has 2 heterocycles. The molecule has 2 saturated heterocycles. The number of likely N-dealkylation sites (tertiary alicyclic amines) is 1. The van der Waals surface area contributed by atoms with Crippen LogP contribution in [0.1, 0.15) is 19.3 Å². The summed E-state index contributed by atoms with van der Waals surface area (Å²) in [6, 6.07) is 0.787. The van der Waals surface area contributed by atoms with Crippen molar-refractivity contribution in [2.24, 2.45) is 0 Å². The van der Waals surface area contributed by atoms with E-state index in [0.29, 0.717) is 0 Å². The zero-order chi connectivity index (χ0) is 11.9. The molecule has 1 aliphatic carbocycles. The van der Waals surface area contributed by atoms with Gasteiger partial charge in [0.1, 0.15) is 0 Å².